The van der Waals surface area contributed by atoms with Gasteiger partial charge in [0.1, 0.15) is 5.75 Å². The Morgan fingerprint density at radius 2 is 2.05 bits per heavy atom. The molecule has 1 aromatic carbocycles. The number of carbonyl (C=O) groups is 1. The lowest BCUT2D eigenvalue weighted by molar-refractivity contribution is -0.122. The van der Waals surface area contributed by atoms with Crippen LogP contribution in [0.1, 0.15) is 39.2 Å². The summed E-state index contributed by atoms with van der Waals surface area (Å²) in [5, 5.41) is 6.21. The fraction of sp³-hybridized carbons (Fsp3) is 0.562. The molecule has 0 aliphatic heterocycles. The Morgan fingerprint density at radius 3 is 2.75 bits per heavy atom. The zero-order valence-electron chi connectivity index (χ0n) is 12.7. The summed E-state index contributed by atoms with van der Waals surface area (Å²) in [5.41, 5.74) is 1.13. The van der Waals surface area contributed by atoms with E-state index < -0.39 is 0 Å². The van der Waals surface area contributed by atoms with Gasteiger partial charge >= 0.3 is 0 Å². The predicted octanol–water partition coefficient (Wildman–Crippen LogP) is 2.48. The second-order valence-corrected chi connectivity index (χ2v) is 5.11. The predicted molar refractivity (Wildman–Crippen MR) is 81.8 cm³/mol. The summed E-state index contributed by atoms with van der Waals surface area (Å²) < 4.78 is 5.72. The number of hydrogen-bond donors (Lipinski definition) is 2. The highest BCUT2D eigenvalue weighted by atomic mass is 16.5. The highest BCUT2D eigenvalue weighted by molar-refractivity contribution is 5.76. The number of benzene rings is 1. The maximum Gasteiger partial charge on any atom is 0.223 e. The van der Waals surface area contributed by atoms with Crippen molar-refractivity contribution in [2.75, 3.05) is 13.2 Å². The zero-order valence-corrected chi connectivity index (χ0v) is 12.7. The van der Waals surface area contributed by atoms with E-state index in [-0.39, 0.29) is 11.9 Å². The van der Waals surface area contributed by atoms with Gasteiger partial charge in [0.25, 0.3) is 0 Å². The first-order valence-corrected chi connectivity index (χ1v) is 7.34. The van der Waals surface area contributed by atoms with Crippen LogP contribution in [0.2, 0.25) is 0 Å². The molecule has 0 radical (unpaired) electrons. The molecule has 0 aromatic heterocycles. The van der Waals surface area contributed by atoms with Crippen molar-refractivity contribution >= 4 is 5.91 Å². The molecule has 1 aromatic rings. The van der Waals surface area contributed by atoms with Gasteiger partial charge in [0, 0.05) is 18.2 Å². The molecular formula is C16H26N2O2. The number of hydrogen-bond acceptors (Lipinski definition) is 3. The molecule has 1 amide bonds. The smallest absolute Gasteiger partial charge is 0.223 e. The minimum absolute atomic E-state index is 0.0292. The average molecular weight is 278 g/mol. The molecule has 4 heteroatoms. The molecule has 0 spiro atoms. The first kappa shape index (κ1) is 16.5. The molecule has 1 rings (SSSR count). The van der Waals surface area contributed by atoms with E-state index in [0.29, 0.717) is 13.0 Å². The highest BCUT2D eigenvalue weighted by Gasteiger charge is 2.06. The largest absolute Gasteiger partial charge is 0.493 e. The maximum absolute atomic E-state index is 11.5. The molecule has 0 saturated heterocycles. The van der Waals surface area contributed by atoms with Crippen LogP contribution in [0.4, 0.5) is 0 Å². The van der Waals surface area contributed by atoms with Crippen molar-refractivity contribution in [1.29, 1.82) is 0 Å². The molecule has 0 unspecified atom stereocenters. The Labute approximate surface area is 121 Å². The summed E-state index contributed by atoms with van der Waals surface area (Å²) in [6.45, 7) is 8.24. The van der Waals surface area contributed by atoms with E-state index in [9.17, 15) is 4.79 Å². The van der Waals surface area contributed by atoms with Crippen LogP contribution in [0.25, 0.3) is 0 Å². The standard InChI is InChI=1S/C16H26N2O2/c1-4-10-17-12-14-7-5-6-8-15(14)20-11-9-16(19)18-13(2)3/h5-8,13,17H,4,9-12H2,1-3H3,(H,18,19). The van der Waals surface area contributed by atoms with Gasteiger partial charge in [-0.25, -0.2) is 0 Å². The molecule has 0 heterocycles. The molecule has 20 heavy (non-hydrogen) atoms. The van der Waals surface area contributed by atoms with Gasteiger partial charge in [-0.05, 0) is 32.9 Å². The molecule has 0 bridgehead atoms. The average Bonchev–Trinajstić information content (AvgIpc) is 2.40. The van der Waals surface area contributed by atoms with Gasteiger partial charge in [0.05, 0.1) is 13.0 Å². The van der Waals surface area contributed by atoms with E-state index in [1.165, 1.54) is 0 Å². The number of nitrogens with one attached hydrogen (secondary N) is 2. The van der Waals surface area contributed by atoms with E-state index in [4.69, 9.17) is 4.74 Å². The third-order valence-electron chi connectivity index (χ3n) is 2.75. The Kier molecular flexibility index (Phi) is 7.73. The molecule has 0 saturated carbocycles. The fourth-order valence-electron chi connectivity index (χ4n) is 1.84. The summed E-state index contributed by atoms with van der Waals surface area (Å²) in [6, 6.07) is 8.12. The van der Waals surface area contributed by atoms with E-state index in [2.05, 4.69) is 17.6 Å². The van der Waals surface area contributed by atoms with Crippen LogP contribution < -0.4 is 15.4 Å². The van der Waals surface area contributed by atoms with Crippen molar-refractivity contribution in [2.45, 2.75) is 46.2 Å². The lowest BCUT2D eigenvalue weighted by Crippen LogP contribution is -2.31. The van der Waals surface area contributed by atoms with Crippen molar-refractivity contribution in [1.82, 2.24) is 10.6 Å². The monoisotopic (exact) mass is 278 g/mol. The van der Waals surface area contributed by atoms with Gasteiger partial charge in [-0.15, -0.1) is 0 Å². The zero-order chi connectivity index (χ0) is 14.8. The molecule has 0 aliphatic rings. The molecule has 2 N–H and O–H groups in total. The number of amides is 1. The SMILES string of the molecule is CCCNCc1ccccc1OCCC(=O)NC(C)C. The fourth-order valence-corrected chi connectivity index (χ4v) is 1.84. The molecule has 0 fully saturated rings. The Balaban J connectivity index is 2.40. The Hall–Kier alpha value is -1.55. The number of ether oxygens (including phenoxy) is 1. The van der Waals surface area contributed by atoms with E-state index in [1.54, 1.807) is 0 Å². The molecule has 112 valence electrons. The third kappa shape index (κ3) is 6.57. The van der Waals surface area contributed by atoms with Crippen LogP contribution in [-0.2, 0) is 11.3 Å². The van der Waals surface area contributed by atoms with E-state index in [0.717, 1.165) is 30.8 Å². The first-order valence-electron chi connectivity index (χ1n) is 7.34. The lowest BCUT2D eigenvalue weighted by atomic mass is 10.2. The Morgan fingerprint density at radius 1 is 1.30 bits per heavy atom. The van der Waals surface area contributed by atoms with E-state index >= 15 is 0 Å². The minimum atomic E-state index is 0.0292. The maximum atomic E-state index is 11.5. The third-order valence-corrected chi connectivity index (χ3v) is 2.75. The lowest BCUT2D eigenvalue weighted by Gasteiger charge is -2.12. The van der Waals surface area contributed by atoms with Crippen molar-refractivity contribution in [3.63, 3.8) is 0 Å². The second-order valence-electron chi connectivity index (χ2n) is 5.11. The van der Waals surface area contributed by atoms with Gasteiger partial charge in [-0.1, -0.05) is 25.1 Å². The normalized spacial score (nSPS) is 10.6. The van der Waals surface area contributed by atoms with Crippen LogP contribution >= 0.6 is 0 Å². The first-order chi connectivity index (χ1) is 9.63. The van der Waals surface area contributed by atoms with E-state index in [1.807, 2.05) is 38.1 Å². The number of para-hydroxylation sites is 1. The molecule has 0 atom stereocenters. The number of carbonyl (C=O) groups excluding carboxylic acids is 1. The van der Waals surface area contributed by atoms with Crippen LogP contribution in [0.3, 0.4) is 0 Å². The molecule has 0 aliphatic carbocycles. The van der Waals surface area contributed by atoms with Crippen molar-refractivity contribution in [3.8, 4) is 5.75 Å². The molecular weight excluding hydrogens is 252 g/mol. The van der Waals surface area contributed by atoms with Crippen molar-refractivity contribution in [2.24, 2.45) is 0 Å². The van der Waals surface area contributed by atoms with Crippen LogP contribution in [-0.4, -0.2) is 25.1 Å². The summed E-state index contributed by atoms with van der Waals surface area (Å²) in [6.07, 6.45) is 1.49. The summed E-state index contributed by atoms with van der Waals surface area (Å²) in [5.74, 6) is 0.884. The topological polar surface area (TPSA) is 50.4 Å². The van der Waals surface area contributed by atoms with Crippen LogP contribution in [0.5, 0.6) is 5.75 Å². The summed E-state index contributed by atoms with van der Waals surface area (Å²) in [4.78, 5) is 11.5. The van der Waals surface area contributed by atoms with Crippen molar-refractivity contribution < 1.29 is 9.53 Å². The van der Waals surface area contributed by atoms with Crippen LogP contribution in [0, 0.1) is 0 Å². The van der Waals surface area contributed by atoms with Gasteiger partial charge in [0.15, 0.2) is 0 Å². The summed E-state index contributed by atoms with van der Waals surface area (Å²) in [7, 11) is 0. The highest BCUT2D eigenvalue weighted by Crippen LogP contribution is 2.17. The second kappa shape index (κ2) is 9.37. The van der Waals surface area contributed by atoms with Crippen LogP contribution in [0.15, 0.2) is 24.3 Å². The van der Waals surface area contributed by atoms with Gasteiger partial charge in [-0.3, -0.25) is 4.79 Å². The van der Waals surface area contributed by atoms with Gasteiger partial charge < -0.3 is 15.4 Å². The van der Waals surface area contributed by atoms with Gasteiger partial charge in [-0.2, -0.15) is 0 Å². The van der Waals surface area contributed by atoms with Crippen molar-refractivity contribution in [3.05, 3.63) is 29.8 Å². The van der Waals surface area contributed by atoms with Gasteiger partial charge in [0.2, 0.25) is 5.91 Å². The molecule has 4 nitrogen and oxygen atoms in total. The summed E-state index contributed by atoms with van der Waals surface area (Å²) >= 11 is 0. The Bertz CT molecular complexity index is 405. The quantitative estimate of drug-likeness (QED) is 0.682. The number of rotatable bonds is 9. The minimum Gasteiger partial charge on any atom is -0.493 e.